The minimum absolute atomic E-state index is 0.0619. The molecule has 2 heterocycles. The molecule has 2 aliphatic carbocycles. The maximum absolute atomic E-state index is 12.6. The molecule has 1 saturated heterocycles. The van der Waals surface area contributed by atoms with Crippen molar-refractivity contribution in [2.45, 2.75) is 84.1 Å². The Hall–Kier alpha value is -1.93. The number of hydrogen-bond donors (Lipinski definition) is 1. The SMILES string of the molecule is CC(=O)O[C@H]1C[C@H]2O[C@]23C[C@@]2(O)OC(=O)C(C)=C2[C@@H](OC(=O)C(C)C)[C@]3(C)[C@H]1C. The number of aliphatic hydroxyl groups is 1. The Morgan fingerprint density at radius 3 is 2.52 bits per heavy atom. The molecule has 160 valence electrons. The maximum Gasteiger partial charge on any atom is 0.336 e. The molecule has 2 aliphatic heterocycles. The molecule has 0 amide bonds. The van der Waals surface area contributed by atoms with Gasteiger partial charge in [-0.15, -0.1) is 0 Å². The molecule has 0 unspecified atom stereocenters. The number of rotatable bonds is 3. The summed E-state index contributed by atoms with van der Waals surface area (Å²) in [5.74, 6) is -4.00. The van der Waals surface area contributed by atoms with Crippen molar-refractivity contribution in [1.29, 1.82) is 0 Å². The predicted octanol–water partition coefficient (Wildman–Crippen LogP) is 1.64. The van der Waals surface area contributed by atoms with Crippen molar-refractivity contribution in [2.24, 2.45) is 17.3 Å². The van der Waals surface area contributed by atoms with Gasteiger partial charge in [0.25, 0.3) is 0 Å². The van der Waals surface area contributed by atoms with Gasteiger partial charge in [0.1, 0.15) is 17.8 Å². The second-order valence-corrected chi connectivity index (χ2v) is 9.31. The van der Waals surface area contributed by atoms with Crippen LogP contribution in [0.25, 0.3) is 0 Å². The molecule has 29 heavy (non-hydrogen) atoms. The standard InChI is InChI=1S/C21H28O8/c1-9(2)17(23)27-16-15-10(3)18(24)29-21(15,25)8-20-14(28-20)7-13(26-12(5)22)11(4)19(16,20)6/h9,11,13-14,16,25H,7-8H2,1-6H3/t11-,13-,14+,16+,19-,20+,21+/m0/s1. The fourth-order valence-corrected chi connectivity index (χ4v) is 5.60. The van der Waals surface area contributed by atoms with E-state index < -0.39 is 52.8 Å². The minimum atomic E-state index is -1.87. The van der Waals surface area contributed by atoms with Crippen molar-refractivity contribution in [3.63, 3.8) is 0 Å². The van der Waals surface area contributed by atoms with E-state index in [1.807, 2.05) is 13.8 Å². The van der Waals surface area contributed by atoms with Gasteiger partial charge in [0.15, 0.2) is 0 Å². The molecule has 0 radical (unpaired) electrons. The van der Waals surface area contributed by atoms with E-state index >= 15 is 0 Å². The minimum Gasteiger partial charge on any atom is -0.462 e. The van der Waals surface area contributed by atoms with Crippen LogP contribution in [0.5, 0.6) is 0 Å². The summed E-state index contributed by atoms with van der Waals surface area (Å²) in [5, 5.41) is 11.3. The van der Waals surface area contributed by atoms with Crippen LogP contribution < -0.4 is 0 Å². The van der Waals surface area contributed by atoms with E-state index in [1.54, 1.807) is 20.8 Å². The van der Waals surface area contributed by atoms with Crippen molar-refractivity contribution in [1.82, 2.24) is 0 Å². The first kappa shape index (κ1) is 20.3. The fourth-order valence-electron chi connectivity index (χ4n) is 5.60. The van der Waals surface area contributed by atoms with Crippen molar-refractivity contribution >= 4 is 17.9 Å². The summed E-state index contributed by atoms with van der Waals surface area (Å²) in [6, 6.07) is 0. The Balaban J connectivity index is 1.85. The predicted molar refractivity (Wildman–Crippen MR) is 98.1 cm³/mol. The van der Waals surface area contributed by atoms with Gasteiger partial charge in [0.2, 0.25) is 5.79 Å². The molecule has 0 bridgehead atoms. The van der Waals surface area contributed by atoms with Gasteiger partial charge in [-0.2, -0.15) is 0 Å². The summed E-state index contributed by atoms with van der Waals surface area (Å²) in [7, 11) is 0. The van der Waals surface area contributed by atoms with Crippen LogP contribution >= 0.6 is 0 Å². The van der Waals surface area contributed by atoms with E-state index in [0.717, 1.165) is 0 Å². The number of ether oxygens (including phenoxy) is 4. The van der Waals surface area contributed by atoms with Crippen molar-refractivity contribution < 1.29 is 38.4 Å². The van der Waals surface area contributed by atoms with Gasteiger partial charge in [0.05, 0.1) is 17.6 Å². The molecule has 7 atom stereocenters. The number of fused-ring (bicyclic) bond motifs is 1. The van der Waals surface area contributed by atoms with Crippen LogP contribution in [0, 0.1) is 17.3 Å². The lowest BCUT2D eigenvalue weighted by Gasteiger charge is -2.56. The van der Waals surface area contributed by atoms with E-state index in [2.05, 4.69) is 0 Å². The number of carbonyl (C=O) groups is 3. The molecule has 4 aliphatic rings. The molecular weight excluding hydrogens is 380 g/mol. The smallest absolute Gasteiger partial charge is 0.336 e. The zero-order valence-corrected chi connectivity index (χ0v) is 17.6. The fraction of sp³-hybridized carbons (Fsp3) is 0.762. The highest BCUT2D eigenvalue weighted by atomic mass is 16.7. The van der Waals surface area contributed by atoms with E-state index in [1.165, 1.54) is 6.92 Å². The number of hydrogen-bond acceptors (Lipinski definition) is 8. The van der Waals surface area contributed by atoms with Gasteiger partial charge in [-0.1, -0.05) is 27.7 Å². The third-order valence-corrected chi connectivity index (χ3v) is 7.40. The van der Waals surface area contributed by atoms with Gasteiger partial charge in [0, 0.05) is 36.7 Å². The van der Waals surface area contributed by atoms with Gasteiger partial charge in [-0.3, -0.25) is 9.59 Å². The topological polar surface area (TPSA) is 112 Å². The summed E-state index contributed by atoms with van der Waals surface area (Å²) < 4.78 is 22.9. The first-order chi connectivity index (χ1) is 13.4. The molecule has 2 saturated carbocycles. The van der Waals surface area contributed by atoms with Crippen molar-refractivity contribution in [3.05, 3.63) is 11.1 Å². The molecular formula is C21H28O8. The molecule has 3 fully saturated rings. The normalized spacial score (nSPS) is 45.2. The van der Waals surface area contributed by atoms with Crippen LogP contribution in [-0.4, -0.2) is 52.7 Å². The molecule has 1 N–H and O–H groups in total. The van der Waals surface area contributed by atoms with Crippen molar-refractivity contribution in [2.75, 3.05) is 0 Å². The highest BCUT2D eigenvalue weighted by molar-refractivity contribution is 5.93. The van der Waals surface area contributed by atoms with Gasteiger partial charge < -0.3 is 24.1 Å². The van der Waals surface area contributed by atoms with Crippen LogP contribution in [0.1, 0.15) is 54.4 Å². The molecule has 1 spiro atoms. The molecule has 0 aromatic rings. The molecule has 0 aromatic heterocycles. The maximum atomic E-state index is 12.6. The zero-order valence-electron chi connectivity index (χ0n) is 17.6. The van der Waals surface area contributed by atoms with Crippen LogP contribution in [0.2, 0.25) is 0 Å². The highest BCUT2D eigenvalue weighted by Gasteiger charge is 2.82. The van der Waals surface area contributed by atoms with E-state index in [0.29, 0.717) is 6.42 Å². The van der Waals surface area contributed by atoms with Gasteiger partial charge in [-0.05, 0) is 6.92 Å². The molecule has 8 nitrogen and oxygen atoms in total. The second kappa shape index (κ2) is 6.04. The second-order valence-electron chi connectivity index (χ2n) is 9.31. The van der Waals surface area contributed by atoms with Crippen LogP contribution in [0.3, 0.4) is 0 Å². The first-order valence-electron chi connectivity index (χ1n) is 10.1. The van der Waals surface area contributed by atoms with Crippen molar-refractivity contribution in [3.8, 4) is 0 Å². The highest BCUT2D eigenvalue weighted by Crippen LogP contribution is 2.71. The van der Waals surface area contributed by atoms with Crippen LogP contribution in [0.4, 0.5) is 0 Å². The average molecular weight is 408 g/mol. The van der Waals surface area contributed by atoms with Crippen LogP contribution in [0.15, 0.2) is 11.1 Å². The van der Waals surface area contributed by atoms with Gasteiger partial charge in [-0.25, -0.2) is 4.79 Å². The lowest BCUT2D eigenvalue weighted by Crippen LogP contribution is -2.66. The Morgan fingerprint density at radius 1 is 1.28 bits per heavy atom. The van der Waals surface area contributed by atoms with Gasteiger partial charge >= 0.3 is 17.9 Å². The lowest BCUT2D eigenvalue weighted by atomic mass is 9.51. The number of carbonyl (C=O) groups excluding carboxylic acids is 3. The van der Waals surface area contributed by atoms with E-state index in [4.69, 9.17) is 18.9 Å². The van der Waals surface area contributed by atoms with E-state index in [-0.39, 0.29) is 29.6 Å². The first-order valence-corrected chi connectivity index (χ1v) is 10.1. The van der Waals surface area contributed by atoms with E-state index in [9.17, 15) is 19.5 Å². The Morgan fingerprint density at radius 2 is 1.93 bits per heavy atom. The Labute approximate surface area is 169 Å². The molecule has 8 heteroatoms. The largest absolute Gasteiger partial charge is 0.462 e. The zero-order chi connectivity index (χ0) is 21.5. The number of esters is 3. The monoisotopic (exact) mass is 408 g/mol. The lowest BCUT2D eigenvalue weighted by molar-refractivity contribution is -0.233. The third kappa shape index (κ3) is 2.54. The summed E-state index contributed by atoms with van der Waals surface area (Å²) >= 11 is 0. The summed E-state index contributed by atoms with van der Waals surface area (Å²) in [5.41, 5.74) is -1.15. The number of epoxide rings is 1. The molecule has 4 rings (SSSR count). The third-order valence-electron chi connectivity index (χ3n) is 7.40. The van der Waals surface area contributed by atoms with Crippen LogP contribution in [-0.2, 0) is 33.3 Å². The Kier molecular flexibility index (Phi) is 4.24. The molecule has 0 aromatic carbocycles. The quantitative estimate of drug-likeness (QED) is 0.426. The summed E-state index contributed by atoms with van der Waals surface area (Å²) in [6.45, 7) is 10.2. The Bertz CT molecular complexity index is 831. The summed E-state index contributed by atoms with van der Waals surface area (Å²) in [4.78, 5) is 36.6. The summed E-state index contributed by atoms with van der Waals surface area (Å²) in [6.07, 6.45) is -1.13. The average Bonchev–Trinajstić information content (AvgIpc) is 3.24.